The van der Waals surface area contributed by atoms with Crippen LogP contribution in [0, 0.1) is 5.92 Å². The van der Waals surface area contributed by atoms with Crippen molar-refractivity contribution in [1.29, 1.82) is 0 Å². The van der Waals surface area contributed by atoms with Gasteiger partial charge in [0.2, 0.25) is 0 Å². The van der Waals surface area contributed by atoms with E-state index in [4.69, 9.17) is 9.84 Å². The van der Waals surface area contributed by atoms with E-state index in [0.29, 0.717) is 10.8 Å². The molecule has 0 spiro atoms. The molecule has 1 rings (SSSR count). The van der Waals surface area contributed by atoms with Crippen LogP contribution >= 0.6 is 11.3 Å². The molecular weight excluding hydrogens is 367 g/mol. The van der Waals surface area contributed by atoms with Gasteiger partial charge in [-0.15, -0.1) is 11.3 Å². The van der Waals surface area contributed by atoms with Gasteiger partial charge in [-0.3, -0.25) is 5.32 Å². The van der Waals surface area contributed by atoms with Crippen LogP contribution in [0.5, 0.6) is 0 Å². The van der Waals surface area contributed by atoms with Gasteiger partial charge in [-0.05, 0) is 26.7 Å². The van der Waals surface area contributed by atoms with Crippen LogP contribution in [0.4, 0.5) is 14.7 Å². The Bertz CT molecular complexity index is 666. The van der Waals surface area contributed by atoms with E-state index in [2.05, 4.69) is 15.6 Å². The van der Waals surface area contributed by atoms with E-state index < -0.39 is 29.7 Å². The normalized spacial score (nSPS) is 12.0. The number of rotatable bonds is 6. The predicted molar refractivity (Wildman–Crippen MR) is 99.3 cm³/mol. The number of thiazole rings is 1. The van der Waals surface area contributed by atoms with Crippen molar-refractivity contribution in [2.24, 2.45) is 5.92 Å². The summed E-state index contributed by atoms with van der Waals surface area (Å²) in [6, 6.07) is -1.48. The predicted octanol–water partition coefficient (Wildman–Crippen LogP) is -0.143. The Morgan fingerprint density at radius 2 is 1.96 bits per heavy atom. The van der Waals surface area contributed by atoms with E-state index in [9.17, 15) is 14.4 Å². The molecule has 0 radical (unpaired) electrons. The minimum absolute atomic E-state index is 0. The maximum absolute atomic E-state index is 12.1. The van der Waals surface area contributed by atoms with Crippen molar-refractivity contribution in [3.05, 3.63) is 11.1 Å². The van der Waals surface area contributed by atoms with Gasteiger partial charge < -0.3 is 21.5 Å². The SMILES string of the molecule is CC(C)C(NC(=O)N(C)Cc1csc(NC(=O)OC(C)(C)C)n1)C(=O)O.[H-].[Li+]. The van der Waals surface area contributed by atoms with Crippen molar-refractivity contribution in [2.45, 2.75) is 52.8 Å². The van der Waals surface area contributed by atoms with Crippen molar-refractivity contribution in [2.75, 3.05) is 12.4 Å². The number of carbonyl (C=O) groups excluding carboxylic acids is 2. The second-order valence-corrected chi connectivity index (χ2v) is 7.99. The number of urea groups is 1. The third-order valence-corrected chi connectivity index (χ3v) is 3.92. The minimum atomic E-state index is -1.08. The van der Waals surface area contributed by atoms with E-state index in [0.717, 1.165) is 0 Å². The third kappa shape index (κ3) is 9.13. The fourth-order valence-corrected chi connectivity index (χ4v) is 2.59. The second-order valence-electron chi connectivity index (χ2n) is 7.14. The fourth-order valence-electron chi connectivity index (χ4n) is 1.90. The summed E-state index contributed by atoms with van der Waals surface area (Å²) in [5.74, 6) is -1.33. The number of hydrogen-bond acceptors (Lipinski definition) is 6. The van der Waals surface area contributed by atoms with Gasteiger partial charge in [0.25, 0.3) is 0 Å². The van der Waals surface area contributed by atoms with Crippen LogP contribution in [0.15, 0.2) is 5.38 Å². The monoisotopic (exact) mass is 394 g/mol. The zero-order chi connectivity index (χ0) is 20.1. The molecule has 1 aromatic heterocycles. The van der Waals surface area contributed by atoms with Crippen molar-refractivity contribution in [3.8, 4) is 0 Å². The summed E-state index contributed by atoms with van der Waals surface area (Å²) in [6.45, 7) is 8.88. The van der Waals surface area contributed by atoms with Gasteiger partial charge in [-0.1, -0.05) is 13.8 Å². The van der Waals surface area contributed by atoms with Crippen LogP contribution in [0.2, 0.25) is 0 Å². The maximum Gasteiger partial charge on any atom is 1.00 e. The van der Waals surface area contributed by atoms with Gasteiger partial charge in [0, 0.05) is 12.4 Å². The van der Waals surface area contributed by atoms with E-state index in [1.54, 1.807) is 40.0 Å². The van der Waals surface area contributed by atoms with Crippen LogP contribution in [0.3, 0.4) is 0 Å². The van der Waals surface area contributed by atoms with E-state index >= 15 is 0 Å². The van der Waals surface area contributed by atoms with Crippen molar-refractivity contribution < 1.29 is 44.5 Å². The largest absolute Gasteiger partial charge is 1.00 e. The number of carboxylic acid groups (broad SMARTS) is 1. The quantitative estimate of drug-likeness (QED) is 0.578. The fraction of sp³-hybridized carbons (Fsp3) is 0.625. The van der Waals surface area contributed by atoms with Gasteiger partial charge in [0.15, 0.2) is 5.13 Å². The molecule has 1 heterocycles. The Hall–Kier alpha value is -1.76. The standard InChI is InChI=1S/C16H26N4O5S.Li.H/c1-9(2)11(12(21)22)18-14(23)20(6)7-10-8-26-13(17-10)19-15(24)25-16(3,4)5;;/h8-9,11H,7H2,1-6H3,(H,18,23)(H,21,22)(H,17,19,24);;/q;+1;-1. The van der Waals surface area contributed by atoms with Gasteiger partial charge in [0.1, 0.15) is 11.6 Å². The van der Waals surface area contributed by atoms with Crippen LogP contribution in [-0.2, 0) is 16.1 Å². The Labute approximate surface area is 176 Å². The van der Waals surface area contributed by atoms with Gasteiger partial charge >= 0.3 is 37.0 Å². The van der Waals surface area contributed by atoms with Crippen molar-refractivity contribution >= 4 is 34.6 Å². The number of anilines is 1. The molecule has 0 aliphatic heterocycles. The van der Waals surface area contributed by atoms with Crippen LogP contribution in [0.1, 0.15) is 41.7 Å². The molecule has 3 amide bonds. The van der Waals surface area contributed by atoms with Crippen LogP contribution in [-0.4, -0.2) is 51.8 Å². The molecule has 148 valence electrons. The van der Waals surface area contributed by atoms with Gasteiger partial charge in [0.05, 0.1) is 12.2 Å². The molecule has 3 N–H and O–H groups in total. The molecule has 1 unspecified atom stereocenters. The Balaban J connectivity index is 0. The summed E-state index contributed by atoms with van der Waals surface area (Å²) < 4.78 is 5.15. The van der Waals surface area contributed by atoms with E-state index in [-0.39, 0.29) is 32.7 Å². The van der Waals surface area contributed by atoms with E-state index in [1.807, 2.05) is 0 Å². The summed E-state index contributed by atoms with van der Waals surface area (Å²) >= 11 is 1.21. The molecule has 1 atom stereocenters. The molecule has 0 aliphatic rings. The molecule has 0 bridgehead atoms. The number of ether oxygens (including phenoxy) is 1. The number of aromatic nitrogens is 1. The molecule has 27 heavy (non-hydrogen) atoms. The second kappa shape index (κ2) is 10.5. The number of aliphatic carboxylic acids is 1. The smallest absolute Gasteiger partial charge is 1.00 e. The topological polar surface area (TPSA) is 121 Å². The van der Waals surface area contributed by atoms with Gasteiger partial charge in [-0.25, -0.2) is 19.4 Å². The molecular formula is C16H27LiN4O5S. The number of carbonyl (C=O) groups is 3. The summed E-state index contributed by atoms with van der Waals surface area (Å²) in [5, 5.41) is 16.2. The first-order valence-corrected chi connectivity index (χ1v) is 8.96. The van der Waals surface area contributed by atoms with Gasteiger partial charge in [-0.2, -0.15) is 0 Å². The molecule has 0 saturated heterocycles. The first-order valence-electron chi connectivity index (χ1n) is 8.08. The van der Waals surface area contributed by atoms with E-state index in [1.165, 1.54) is 23.3 Å². The van der Waals surface area contributed by atoms with Crippen LogP contribution < -0.4 is 29.5 Å². The first-order chi connectivity index (χ1) is 11.9. The number of nitrogens with one attached hydrogen (secondary N) is 2. The van der Waals surface area contributed by atoms with Crippen LogP contribution in [0.25, 0.3) is 0 Å². The Morgan fingerprint density at radius 3 is 2.44 bits per heavy atom. The molecule has 1 aromatic rings. The molecule has 0 saturated carbocycles. The first kappa shape index (κ1) is 25.2. The maximum atomic E-state index is 12.1. The number of amides is 3. The average Bonchev–Trinajstić information content (AvgIpc) is 2.88. The summed E-state index contributed by atoms with van der Waals surface area (Å²) in [5.41, 5.74) is -0.0466. The molecule has 9 nitrogen and oxygen atoms in total. The number of carboxylic acids is 1. The Kier molecular flexibility index (Phi) is 9.85. The summed E-state index contributed by atoms with van der Waals surface area (Å²) in [6.07, 6.45) is -0.606. The summed E-state index contributed by atoms with van der Waals surface area (Å²) in [4.78, 5) is 40.6. The zero-order valence-corrected chi connectivity index (χ0v) is 17.6. The molecule has 0 fully saturated rings. The third-order valence-electron chi connectivity index (χ3n) is 3.12. The van der Waals surface area contributed by atoms with Crippen molar-refractivity contribution in [3.63, 3.8) is 0 Å². The van der Waals surface area contributed by atoms with Crippen molar-refractivity contribution in [1.82, 2.24) is 15.2 Å². The number of nitrogens with zero attached hydrogens (tertiary/aromatic N) is 2. The Morgan fingerprint density at radius 1 is 1.37 bits per heavy atom. The summed E-state index contributed by atoms with van der Waals surface area (Å²) in [7, 11) is 1.54. The zero-order valence-electron chi connectivity index (χ0n) is 17.8. The molecule has 11 heteroatoms. The number of hydrogen-bond donors (Lipinski definition) is 3. The molecule has 0 aliphatic carbocycles. The average molecular weight is 394 g/mol. The molecule has 0 aromatic carbocycles. The minimum Gasteiger partial charge on any atom is -1.00 e.